The Balaban J connectivity index is 2.27. The van der Waals surface area contributed by atoms with Crippen LogP contribution < -0.4 is 0 Å². The molecular weight excluding hydrogens is 258 g/mol. The van der Waals surface area contributed by atoms with Crippen LogP contribution in [0.3, 0.4) is 0 Å². The van der Waals surface area contributed by atoms with Crippen molar-refractivity contribution in [1.82, 2.24) is 0 Å². The van der Waals surface area contributed by atoms with E-state index in [4.69, 9.17) is 23.2 Å². The van der Waals surface area contributed by atoms with Crippen molar-refractivity contribution in [3.63, 3.8) is 0 Å². The van der Waals surface area contributed by atoms with E-state index in [2.05, 4.69) is 0 Å². The van der Waals surface area contributed by atoms with Gasteiger partial charge in [0.05, 0.1) is 0 Å². The van der Waals surface area contributed by atoms with Gasteiger partial charge in [-0.05, 0) is 35.9 Å². The third-order valence-corrected chi connectivity index (χ3v) is 2.79. The number of hydrogen-bond acceptors (Lipinski definition) is 0. The zero-order valence-corrected chi connectivity index (χ0v) is 10.3. The lowest BCUT2D eigenvalue weighted by molar-refractivity contribution is 0.765. The average molecular weight is 267 g/mol. The van der Waals surface area contributed by atoms with Crippen molar-refractivity contribution >= 4 is 35.1 Å². The van der Waals surface area contributed by atoms with E-state index in [0.29, 0.717) is 15.6 Å². The van der Waals surface area contributed by atoms with Gasteiger partial charge in [-0.15, -0.1) is 0 Å². The Hall–Kier alpha value is -1.31. The van der Waals surface area contributed by atoms with Gasteiger partial charge in [0, 0.05) is 15.6 Å². The Kier molecular flexibility index (Phi) is 3.82. The number of benzene rings is 2. The summed E-state index contributed by atoms with van der Waals surface area (Å²) in [6, 6.07) is 13.6. The van der Waals surface area contributed by atoms with Crippen molar-refractivity contribution in [1.29, 1.82) is 0 Å². The number of hydrogen-bond donors (Lipinski definition) is 0. The SMILES string of the molecule is F/C(=C/c1ccc(Cl)cc1)c1ccc(Cl)cc1. The minimum atomic E-state index is -0.302. The maximum Gasteiger partial charge on any atom is 0.131 e. The third kappa shape index (κ3) is 3.32. The van der Waals surface area contributed by atoms with Crippen molar-refractivity contribution in [2.24, 2.45) is 0 Å². The summed E-state index contributed by atoms with van der Waals surface area (Å²) in [6.45, 7) is 0. The van der Waals surface area contributed by atoms with E-state index in [1.807, 2.05) is 0 Å². The van der Waals surface area contributed by atoms with Crippen LogP contribution in [0.25, 0.3) is 11.9 Å². The molecule has 0 unspecified atom stereocenters. The Labute approximate surface area is 109 Å². The lowest BCUT2D eigenvalue weighted by atomic mass is 10.1. The molecule has 0 aromatic heterocycles. The van der Waals surface area contributed by atoms with Crippen molar-refractivity contribution in [3.8, 4) is 0 Å². The second-order valence-electron chi connectivity index (χ2n) is 3.55. The van der Waals surface area contributed by atoms with Gasteiger partial charge in [-0.2, -0.15) is 0 Å². The molecule has 0 aliphatic carbocycles. The van der Waals surface area contributed by atoms with Gasteiger partial charge in [-0.3, -0.25) is 0 Å². The minimum absolute atomic E-state index is 0.302. The van der Waals surface area contributed by atoms with E-state index >= 15 is 0 Å². The van der Waals surface area contributed by atoms with Gasteiger partial charge in [0.15, 0.2) is 0 Å². The Morgan fingerprint density at radius 3 is 1.82 bits per heavy atom. The monoisotopic (exact) mass is 266 g/mol. The summed E-state index contributed by atoms with van der Waals surface area (Å²) in [4.78, 5) is 0. The largest absolute Gasteiger partial charge is 0.206 e. The second kappa shape index (κ2) is 5.35. The molecular formula is C14H9Cl2F. The minimum Gasteiger partial charge on any atom is -0.206 e. The highest BCUT2D eigenvalue weighted by molar-refractivity contribution is 6.30. The van der Waals surface area contributed by atoms with Crippen LogP contribution in [0.2, 0.25) is 10.0 Å². The molecule has 0 fully saturated rings. The van der Waals surface area contributed by atoms with Gasteiger partial charge in [-0.25, -0.2) is 4.39 Å². The van der Waals surface area contributed by atoms with E-state index in [-0.39, 0.29) is 5.83 Å². The van der Waals surface area contributed by atoms with Gasteiger partial charge in [0.2, 0.25) is 0 Å². The smallest absolute Gasteiger partial charge is 0.131 e. The fourth-order valence-electron chi connectivity index (χ4n) is 1.40. The molecule has 2 aromatic rings. The van der Waals surface area contributed by atoms with Crippen molar-refractivity contribution in [3.05, 3.63) is 69.7 Å². The lowest BCUT2D eigenvalue weighted by Gasteiger charge is -1.99. The standard InChI is InChI=1S/C14H9Cl2F/c15-12-5-1-10(2-6-12)9-14(17)11-3-7-13(16)8-4-11/h1-9H/b14-9+. The molecule has 2 rings (SSSR count). The molecule has 0 N–H and O–H groups in total. The van der Waals surface area contributed by atoms with Gasteiger partial charge in [-0.1, -0.05) is 47.5 Å². The molecule has 0 saturated carbocycles. The third-order valence-electron chi connectivity index (χ3n) is 2.28. The van der Waals surface area contributed by atoms with E-state index < -0.39 is 0 Å². The van der Waals surface area contributed by atoms with Crippen LogP contribution in [0.15, 0.2) is 48.5 Å². The van der Waals surface area contributed by atoms with Gasteiger partial charge >= 0.3 is 0 Å². The molecule has 0 nitrogen and oxygen atoms in total. The summed E-state index contributed by atoms with van der Waals surface area (Å²) >= 11 is 11.5. The van der Waals surface area contributed by atoms with Crippen LogP contribution in [0.4, 0.5) is 4.39 Å². The summed E-state index contributed by atoms with van der Waals surface area (Å²) in [6.07, 6.45) is 1.46. The molecule has 0 spiro atoms. The molecule has 0 amide bonds. The maximum atomic E-state index is 13.8. The Morgan fingerprint density at radius 2 is 1.29 bits per heavy atom. The zero-order valence-electron chi connectivity index (χ0n) is 8.83. The van der Waals surface area contributed by atoms with Gasteiger partial charge in [0.25, 0.3) is 0 Å². The first-order chi connectivity index (χ1) is 8.15. The van der Waals surface area contributed by atoms with Crippen LogP contribution in [-0.4, -0.2) is 0 Å². The number of halogens is 3. The Bertz CT molecular complexity index is 527. The lowest BCUT2D eigenvalue weighted by Crippen LogP contribution is -1.78. The van der Waals surface area contributed by atoms with Gasteiger partial charge in [0.1, 0.15) is 5.83 Å². The molecule has 0 aliphatic heterocycles. The Morgan fingerprint density at radius 1 is 0.824 bits per heavy atom. The van der Waals surface area contributed by atoms with E-state index in [1.165, 1.54) is 6.08 Å². The normalized spacial score (nSPS) is 11.6. The van der Waals surface area contributed by atoms with Crippen molar-refractivity contribution in [2.45, 2.75) is 0 Å². The molecule has 2 aromatic carbocycles. The topological polar surface area (TPSA) is 0 Å². The fraction of sp³-hybridized carbons (Fsp3) is 0. The van der Waals surface area contributed by atoms with Gasteiger partial charge < -0.3 is 0 Å². The molecule has 0 atom stereocenters. The highest BCUT2D eigenvalue weighted by atomic mass is 35.5. The molecule has 0 saturated heterocycles. The van der Waals surface area contributed by atoms with Crippen LogP contribution >= 0.6 is 23.2 Å². The summed E-state index contributed by atoms with van der Waals surface area (Å²) in [7, 11) is 0. The second-order valence-corrected chi connectivity index (χ2v) is 4.42. The zero-order chi connectivity index (χ0) is 12.3. The maximum absolute atomic E-state index is 13.8. The molecule has 0 radical (unpaired) electrons. The molecule has 0 heterocycles. The summed E-state index contributed by atoms with van der Waals surface area (Å²) in [5, 5.41) is 1.22. The summed E-state index contributed by atoms with van der Waals surface area (Å²) < 4.78 is 13.8. The quantitative estimate of drug-likeness (QED) is 0.633. The van der Waals surface area contributed by atoms with Crippen LogP contribution in [0, 0.1) is 0 Å². The highest BCUT2D eigenvalue weighted by Gasteiger charge is 2.00. The van der Waals surface area contributed by atoms with E-state index in [9.17, 15) is 4.39 Å². The fourth-order valence-corrected chi connectivity index (χ4v) is 1.65. The first-order valence-electron chi connectivity index (χ1n) is 5.04. The number of rotatable bonds is 2. The van der Waals surface area contributed by atoms with Crippen LogP contribution in [0.5, 0.6) is 0 Å². The molecule has 86 valence electrons. The first kappa shape index (κ1) is 12.2. The van der Waals surface area contributed by atoms with Crippen LogP contribution in [0.1, 0.15) is 11.1 Å². The first-order valence-corrected chi connectivity index (χ1v) is 5.79. The average Bonchev–Trinajstić information content (AvgIpc) is 2.33. The van der Waals surface area contributed by atoms with Crippen molar-refractivity contribution < 1.29 is 4.39 Å². The van der Waals surface area contributed by atoms with E-state index in [0.717, 1.165) is 5.56 Å². The van der Waals surface area contributed by atoms with Crippen molar-refractivity contribution in [2.75, 3.05) is 0 Å². The van der Waals surface area contributed by atoms with E-state index in [1.54, 1.807) is 48.5 Å². The summed E-state index contributed by atoms with van der Waals surface area (Å²) in [5.41, 5.74) is 1.27. The summed E-state index contributed by atoms with van der Waals surface area (Å²) in [5.74, 6) is -0.302. The highest BCUT2D eigenvalue weighted by Crippen LogP contribution is 2.22. The predicted molar refractivity (Wildman–Crippen MR) is 71.9 cm³/mol. The molecule has 3 heteroatoms. The van der Waals surface area contributed by atoms with Crippen LogP contribution in [-0.2, 0) is 0 Å². The predicted octanol–water partition coefficient (Wildman–Crippen LogP) is 5.46. The molecule has 0 aliphatic rings. The molecule has 17 heavy (non-hydrogen) atoms. The molecule has 0 bridgehead atoms.